The first kappa shape index (κ1) is 14.5. The average molecular weight is 327 g/mol. The first-order valence-corrected chi connectivity index (χ1v) is 8.73. The van der Waals surface area contributed by atoms with Crippen molar-refractivity contribution in [3.8, 4) is 11.5 Å². The minimum absolute atomic E-state index is 0.0329. The SMILES string of the molecule is O=C([C@@H]1COc2ccccc2O1)N1CCCSc2ccccc21. The summed E-state index contributed by atoms with van der Waals surface area (Å²) in [6, 6.07) is 15.5. The Morgan fingerprint density at radius 3 is 2.78 bits per heavy atom. The van der Waals surface area contributed by atoms with Gasteiger partial charge in [0.1, 0.15) is 6.61 Å². The molecule has 23 heavy (non-hydrogen) atoms. The van der Waals surface area contributed by atoms with Gasteiger partial charge >= 0.3 is 0 Å². The van der Waals surface area contributed by atoms with Crippen LogP contribution in [0.1, 0.15) is 6.42 Å². The summed E-state index contributed by atoms with van der Waals surface area (Å²) in [4.78, 5) is 16.0. The van der Waals surface area contributed by atoms with Gasteiger partial charge in [-0.3, -0.25) is 4.79 Å². The van der Waals surface area contributed by atoms with Gasteiger partial charge in [-0.2, -0.15) is 0 Å². The van der Waals surface area contributed by atoms with Crippen molar-refractivity contribution in [3.63, 3.8) is 0 Å². The Morgan fingerprint density at radius 2 is 1.87 bits per heavy atom. The average Bonchev–Trinajstić information content (AvgIpc) is 2.83. The highest BCUT2D eigenvalue weighted by atomic mass is 32.2. The standard InChI is InChI=1S/C18H17NO3S/c20-18(16-12-21-14-7-2-3-8-15(14)22-16)19-10-5-11-23-17-9-4-1-6-13(17)19/h1-4,6-9,16H,5,10-12H2/t16-/m0/s1. The predicted molar refractivity (Wildman–Crippen MR) is 90.5 cm³/mol. The van der Waals surface area contributed by atoms with E-state index in [2.05, 4.69) is 6.07 Å². The Hall–Kier alpha value is -2.14. The van der Waals surface area contributed by atoms with Crippen LogP contribution >= 0.6 is 11.8 Å². The number of fused-ring (bicyclic) bond motifs is 2. The number of hydrogen-bond acceptors (Lipinski definition) is 4. The van der Waals surface area contributed by atoms with Crippen molar-refractivity contribution < 1.29 is 14.3 Å². The molecule has 1 atom stereocenters. The molecule has 2 aromatic carbocycles. The summed E-state index contributed by atoms with van der Waals surface area (Å²) in [6.07, 6.45) is 0.371. The molecule has 4 rings (SSSR count). The van der Waals surface area contributed by atoms with Gasteiger partial charge in [0.05, 0.1) is 5.69 Å². The maximum Gasteiger partial charge on any atom is 0.271 e. The van der Waals surface area contributed by atoms with Crippen LogP contribution in [-0.2, 0) is 4.79 Å². The second-order valence-corrected chi connectivity index (χ2v) is 6.66. The first-order valence-electron chi connectivity index (χ1n) is 7.74. The van der Waals surface area contributed by atoms with Crippen LogP contribution < -0.4 is 14.4 Å². The predicted octanol–water partition coefficient (Wildman–Crippen LogP) is 3.36. The molecule has 2 aliphatic heterocycles. The third-order valence-corrected chi connectivity index (χ3v) is 5.14. The molecule has 0 fully saturated rings. The van der Waals surface area contributed by atoms with Crippen molar-refractivity contribution in [2.75, 3.05) is 23.8 Å². The lowest BCUT2D eigenvalue weighted by Crippen LogP contribution is -2.47. The molecule has 0 radical (unpaired) electrons. The molecule has 2 aliphatic rings. The lowest BCUT2D eigenvalue weighted by molar-refractivity contribution is -0.127. The van der Waals surface area contributed by atoms with Crippen molar-refractivity contribution in [1.29, 1.82) is 0 Å². The molecule has 0 N–H and O–H groups in total. The van der Waals surface area contributed by atoms with E-state index in [1.54, 1.807) is 11.8 Å². The van der Waals surface area contributed by atoms with Gasteiger partial charge < -0.3 is 14.4 Å². The molecular formula is C18H17NO3S. The molecule has 2 heterocycles. The molecule has 0 aliphatic carbocycles. The van der Waals surface area contributed by atoms with Crippen molar-refractivity contribution >= 4 is 23.4 Å². The number of benzene rings is 2. The highest BCUT2D eigenvalue weighted by molar-refractivity contribution is 7.99. The number of amides is 1. The van der Waals surface area contributed by atoms with Crippen molar-refractivity contribution in [2.24, 2.45) is 0 Å². The van der Waals surface area contributed by atoms with Crippen LogP contribution in [0.3, 0.4) is 0 Å². The second-order valence-electron chi connectivity index (χ2n) is 5.52. The monoisotopic (exact) mass is 327 g/mol. The summed E-state index contributed by atoms with van der Waals surface area (Å²) >= 11 is 1.80. The number of rotatable bonds is 1. The summed E-state index contributed by atoms with van der Waals surface area (Å²) in [7, 11) is 0. The quantitative estimate of drug-likeness (QED) is 0.805. The van der Waals surface area contributed by atoms with Gasteiger partial charge in [-0.25, -0.2) is 0 Å². The fourth-order valence-corrected chi connectivity index (χ4v) is 3.87. The third kappa shape index (κ3) is 2.77. The van der Waals surface area contributed by atoms with Crippen LogP contribution in [0.2, 0.25) is 0 Å². The largest absolute Gasteiger partial charge is 0.485 e. The Morgan fingerprint density at radius 1 is 1.09 bits per heavy atom. The summed E-state index contributed by atoms with van der Waals surface area (Å²) < 4.78 is 11.6. The van der Waals surface area contributed by atoms with Crippen LogP contribution in [0.25, 0.3) is 0 Å². The molecule has 0 bridgehead atoms. The van der Waals surface area contributed by atoms with Gasteiger partial charge in [0.15, 0.2) is 11.5 Å². The minimum atomic E-state index is -0.596. The number of ether oxygens (including phenoxy) is 2. The van der Waals surface area contributed by atoms with E-state index in [0.29, 0.717) is 18.0 Å². The Labute approximate surface area is 139 Å². The van der Waals surface area contributed by atoms with Crippen molar-refractivity contribution in [3.05, 3.63) is 48.5 Å². The number of para-hydroxylation sites is 3. The van der Waals surface area contributed by atoms with Gasteiger partial charge in [-0.05, 0) is 36.4 Å². The number of thioether (sulfide) groups is 1. The molecule has 5 heteroatoms. The van der Waals surface area contributed by atoms with Crippen LogP contribution in [0, 0.1) is 0 Å². The topological polar surface area (TPSA) is 38.8 Å². The molecule has 0 aromatic heterocycles. The van der Waals surface area contributed by atoms with E-state index in [4.69, 9.17) is 9.47 Å². The zero-order valence-corrected chi connectivity index (χ0v) is 13.4. The molecular weight excluding hydrogens is 310 g/mol. The van der Waals surface area contributed by atoms with Crippen LogP contribution in [0.5, 0.6) is 11.5 Å². The summed E-state index contributed by atoms with van der Waals surface area (Å²) in [6.45, 7) is 0.964. The van der Waals surface area contributed by atoms with Gasteiger partial charge in [-0.15, -0.1) is 11.8 Å². The highest BCUT2D eigenvalue weighted by Crippen LogP contribution is 2.35. The Kier molecular flexibility index (Phi) is 3.87. The highest BCUT2D eigenvalue weighted by Gasteiger charge is 2.33. The number of carbonyl (C=O) groups is 1. The molecule has 0 saturated heterocycles. The summed E-state index contributed by atoms with van der Waals surface area (Å²) in [5, 5.41) is 0. The van der Waals surface area contributed by atoms with Gasteiger partial charge in [0, 0.05) is 11.4 Å². The number of nitrogens with zero attached hydrogens (tertiary/aromatic N) is 1. The van der Waals surface area contributed by atoms with Gasteiger partial charge in [0.25, 0.3) is 5.91 Å². The van der Waals surface area contributed by atoms with E-state index in [1.807, 2.05) is 47.4 Å². The van der Waals surface area contributed by atoms with E-state index in [1.165, 1.54) is 0 Å². The smallest absolute Gasteiger partial charge is 0.271 e. The zero-order chi connectivity index (χ0) is 15.6. The van der Waals surface area contributed by atoms with Crippen molar-refractivity contribution in [1.82, 2.24) is 0 Å². The summed E-state index contributed by atoms with van der Waals surface area (Å²) in [5.74, 6) is 2.32. The molecule has 0 spiro atoms. The maximum atomic E-state index is 13.0. The zero-order valence-electron chi connectivity index (χ0n) is 12.6. The lowest BCUT2D eigenvalue weighted by atomic mass is 10.2. The van der Waals surface area contributed by atoms with E-state index in [0.717, 1.165) is 22.8 Å². The maximum absolute atomic E-state index is 13.0. The Bertz CT molecular complexity index is 734. The van der Waals surface area contributed by atoms with E-state index < -0.39 is 6.10 Å². The molecule has 4 nitrogen and oxygen atoms in total. The summed E-state index contributed by atoms with van der Waals surface area (Å²) in [5.41, 5.74) is 0.974. The number of anilines is 1. The van der Waals surface area contributed by atoms with Gasteiger partial charge in [0.2, 0.25) is 6.10 Å². The van der Waals surface area contributed by atoms with Crippen LogP contribution in [0.15, 0.2) is 53.4 Å². The molecule has 0 unspecified atom stereocenters. The van der Waals surface area contributed by atoms with E-state index >= 15 is 0 Å². The van der Waals surface area contributed by atoms with E-state index in [-0.39, 0.29) is 12.5 Å². The minimum Gasteiger partial charge on any atom is -0.485 e. The Balaban J connectivity index is 1.60. The van der Waals surface area contributed by atoms with E-state index in [9.17, 15) is 4.79 Å². The first-order chi connectivity index (χ1) is 11.3. The van der Waals surface area contributed by atoms with Gasteiger partial charge in [-0.1, -0.05) is 24.3 Å². The molecule has 0 saturated carbocycles. The van der Waals surface area contributed by atoms with Crippen LogP contribution in [-0.4, -0.2) is 30.9 Å². The molecule has 1 amide bonds. The fourth-order valence-electron chi connectivity index (χ4n) is 2.87. The fraction of sp³-hybridized carbons (Fsp3) is 0.278. The normalized spacial score (nSPS) is 19.7. The second kappa shape index (κ2) is 6.16. The molecule has 118 valence electrons. The number of carbonyl (C=O) groups excluding carboxylic acids is 1. The third-order valence-electron chi connectivity index (χ3n) is 3.99. The van der Waals surface area contributed by atoms with Crippen molar-refractivity contribution in [2.45, 2.75) is 17.4 Å². The van der Waals surface area contributed by atoms with Crippen LogP contribution in [0.4, 0.5) is 5.69 Å². The number of hydrogen-bond donors (Lipinski definition) is 0. The molecule has 2 aromatic rings. The lowest BCUT2D eigenvalue weighted by Gasteiger charge is -2.30.